The maximum atomic E-state index is 4.87. The fourth-order valence-corrected chi connectivity index (χ4v) is 4.63. The van der Waals surface area contributed by atoms with Gasteiger partial charge in [0.05, 0.1) is 0 Å². The summed E-state index contributed by atoms with van der Waals surface area (Å²) in [5.41, 5.74) is 6.64. The molecule has 37 heavy (non-hydrogen) atoms. The standard InChI is InChI=1S/C33H24BN3/c1-5-13-25(14-6-1)31-35-32(26-15-7-2-8-16-26)37-33(36-31)27-21-23-30(24-22-27)34(28-17-9-3-10-18-28)29-19-11-4-12-20-29/h1-24H. The smallest absolute Gasteiger partial charge is 0.208 e. The zero-order valence-corrected chi connectivity index (χ0v) is 20.3. The molecule has 1 aromatic heterocycles. The van der Waals surface area contributed by atoms with E-state index in [-0.39, 0.29) is 6.71 Å². The molecule has 0 aliphatic heterocycles. The van der Waals surface area contributed by atoms with Crippen LogP contribution in [-0.2, 0) is 0 Å². The van der Waals surface area contributed by atoms with Gasteiger partial charge in [-0.3, -0.25) is 0 Å². The molecular formula is C33H24BN3. The fraction of sp³-hybridized carbons (Fsp3) is 0. The van der Waals surface area contributed by atoms with E-state index in [0.717, 1.165) is 16.7 Å². The summed E-state index contributed by atoms with van der Waals surface area (Å²) in [4.78, 5) is 14.5. The zero-order valence-electron chi connectivity index (χ0n) is 20.3. The first kappa shape index (κ1) is 22.6. The van der Waals surface area contributed by atoms with Crippen LogP contribution in [0.15, 0.2) is 146 Å². The van der Waals surface area contributed by atoms with Gasteiger partial charge in [-0.15, -0.1) is 0 Å². The Bertz CT molecular complexity index is 1490. The molecular weight excluding hydrogens is 449 g/mol. The molecule has 0 unspecified atom stereocenters. The molecule has 4 heteroatoms. The summed E-state index contributed by atoms with van der Waals surface area (Å²) in [5, 5.41) is 0. The van der Waals surface area contributed by atoms with Gasteiger partial charge in [0.1, 0.15) is 0 Å². The van der Waals surface area contributed by atoms with Crippen LogP contribution in [0, 0.1) is 0 Å². The maximum absolute atomic E-state index is 4.87. The Kier molecular flexibility index (Phi) is 6.38. The third-order valence-electron chi connectivity index (χ3n) is 6.47. The SMILES string of the molecule is c1ccc(B(c2ccccc2)c2ccc(-c3nc(-c4ccccc4)nc(-c4ccccc4)n3)cc2)cc1. The lowest BCUT2D eigenvalue weighted by Crippen LogP contribution is -2.51. The molecule has 0 aliphatic rings. The van der Waals surface area contributed by atoms with Gasteiger partial charge in [0, 0.05) is 16.7 Å². The molecule has 174 valence electrons. The molecule has 0 fully saturated rings. The minimum atomic E-state index is 0.148. The van der Waals surface area contributed by atoms with E-state index in [1.54, 1.807) is 0 Å². The Labute approximate surface area is 217 Å². The van der Waals surface area contributed by atoms with Crippen LogP contribution in [-0.4, -0.2) is 21.7 Å². The topological polar surface area (TPSA) is 38.7 Å². The largest absolute Gasteiger partial charge is 0.241 e. The molecule has 1 heterocycles. The van der Waals surface area contributed by atoms with Gasteiger partial charge in [-0.2, -0.15) is 0 Å². The first-order valence-corrected chi connectivity index (χ1v) is 12.4. The van der Waals surface area contributed by atoms with Gasteiger partial charge >= 0.3 is 0 Å². The highest BCUT2D eigenvalue weighted by atomic mass is 15.0. The van der Waals surface area contributed by atoms with Crippen molar-refractivity contribution in [1.29, 1.82) is 0 Å². The molecule has 5 aromatic carbocycles. The minimum absolute atomic E-state index is 0.148. The van der Waals surface area contributed by atoms with Crippen molar-refractivity contribution in [2.24, 2.45) is 0 Å². The van der Waals surface area contributed by atoms with Crippen molar-refractivity contribution in [2.45, 2.75) is 0 Å². The lowest BCUT2D eigenvalue weighted by Gasteiger charge is -2.16. The summed E-state index contributed by atoms with van der Waals surface area (Å²) >= 11 is 0. The van der Waals surface area contributed by atoms with Crippen LogP contribution in [0.3, 0.4) is 0 Å². The Hall–Kier alpha value is -4.83. The van der Waals surface area contributed by atoms with Crippen LogP contribution >= 0.6 is 0 Å². The van der Waals surface area contributed by atoms with E-state index < -0.39 is 0 Å². The summed E-state index contributed by atoms with van der Waals surface area (Å²) in [5.74, 6) is 2.00. The molecule has 6 rings (SSSR count). The van der Waals surface area contributed by atoms with Gasteiger partial charge < -0.3 is 0 Å². The predicted octanol–water partition coefficient (Wildman–Crippen LogP) is 5.39. The van der Waals surface area contributed by atoms with Crippen LogP contribution in [0.1, 0.15) is 0 Å². The van der Waals surface area contributed by atoms with E-state index in [9.17, 15) is 0 Å². The monoisotopic (exact) mass is 473 g/mol. The van der Waals surface area contributed by atoms with Crippen LogP contribution in [0.4, 0.5) is 0 Å². The molecule has 0 N–H and O–H groups in total. The van der Waals surface area contributed by atoms with Crippen molar-refractivity contribution >= 4 is 23.1 Å². The van der Waals surface area contributed by atoms with E-state index in [0.29, 0.717) is 17.5 Å². The molecule has 0 spiro atoms. The Morgan fingerprint density at radius 1 is 0.297 bits per heavy atom. The molecule has 0 bridgehead atoms. The highest BCUT2D eigenvalue weighted by Gasteiger charge is 2.21. The third kappa shape index (κ3) is 4.96. The molecule has 6 aromatic rings. The van der Waals surface area contributed by atoms with Gasteiger partial charge in [0.25, 0.3) is 0 Å². The van der Waals surface area contributed by atoms with Gasteiger partial charge in [0.2, 0.25) is 6.71 Å². The molecule has 0 radical (unpaired) electrons. The van der Waals surface area contributed by atoms with Crippen LogP contribution in [0.5, 0.6) is 0 Å². The van der Waals surface area contributed by atoms with Gasteiger partial charge in [0.15, 0.2) is 17.5 Å². The van der Waals surface area contributed by atoms with Gasteiger partial charge in [-0.05, 0) is 0 Å². The van der Waals surface area contributed by atoms with Gasteiger partial charge in [-0.25, -0.2) is 15.0 Å². The average Bonchev–Trinajstić information content (AvgIpc) is 2.99. The number of benzene rings is 5. The fourth-order valence-electron chi connectivity index (χ4n) is 4.63. The second kappa shape index (κ2) is 10.4. The summed E-state index contributed by atoms with van der Waals surface area (Å²) in [6.45, 7) is 0.148. The Morgan fingerprint density at radius 2 is 0.595 bits per heavy atom. The molecule has 3 nitrogen and oxygen atoms in total. The predicted molar refractivity (Wildman–Crippen MR) is 154 cm³/mol. The minimum Gasteiger partial charge on any atom is -0.208 e. The number of aromatic nitrogens is 3. The lowest BCUT2D eigenvalue weighted by atomic mass is 9.37. The lowest BCUT2D eigenvalue weighted by molar-refractivity contribution is 1.07. The van der Waals surface area contributed by atoms with Crippen molar-refractivity contribution < 1.29 is 0 Å². The van der Waals surface area contributed by atoms with Crippen molar-refractivity contribution in [2.75, 3.05) is 0 Å². The molecule has 0 aliphatic carbocycles. The number of nitrogens with zero attached hydrogens (tertiary/aromatic N) is 3. The van der Waals surface area contributed by atoms with E-state index in [1.807, 2.05) is 60.7 Å². The molecule has 0 atom stereocenters. The maximum Gasteiger partial charge on any atom is 0.241 e. The van der Waals surface area contributed by atoms with Crippen molar-refractivity contribution in [3.8, 4) is 34.2 Å². The van der Waals surface area contributed by atoms with Crippen molar-refractivity contribution in [1.82, 2.24) is 15.0 Å². The molecule has 0 amide bonds. The highest BCUT2D eigenvalue weighted by molar-refractivity contribution is 6.95. The molecule has 0 saturated carbocycles. The number of hydrogen-bond acceptors (Lipinski definition) is 3. The summed E-state index contributed by atoms with van der Waals surface area (Å²) in [7, 11) is 0. The third-order valence-corrected chi connectivity index (χ3v) is 6.47. The van der Waals surface area contributed by atoms with E-state index >= 15 is 0 Å². The first-order chi connectivity index (χ1) is 18.3. The quantitative estimate of drug-likeness (QED) is 0.305. The second-order valence-electron chi connectivity index (χ2n) is 8.91. The normalized spacial score (nSPS) is 10.7. The Morgan fingerprint density at radius 3 is 0.973 bits per heavy atom. The first-order valence-electron chi connectivity index (χ1n) is 12.4. The van der Waals surface area contributed by atoms with Crippen molar-refractivity contribution in [3.63, 3.8) is 0 Å². The van der Waals surface area contributed by atoms with E-state index in [2.05, 4.69) is 84.9 Å². The van der Waals surface area contributed by atoms with Crippen LogP contribution in [0.2, 0.25) is 0 Å². The highest BCUT2D eigenvalue weighted by Crippen LogP contribution is 2.24. The summed E-state index contributed by atoms with van der Waals surface area (Å²) in [6, 6.07) is 50.0. The Balaban J connectivity index is 1.43. The van der Waals surface area contributed by atoms with Crippen LogP contribution < -0.4 is 16.4 Å². The van der Waals surface area contributed by atoms with Crippen molar-refractivity contribution in [3.05, 3.63) is 146 Å². The number of hydrogen-bond donors (Lipinski definition) is 0. The van der Waals surface area contributed by atoms with Crippen LogP contribution in [0.25, 0.3) is 34.2 Å². The average molecular weight is 473 g/mol. The van der Waals surface area contributed by atoms with E-state index in [1.165, 1.54) is 16.4 Å². The summed E-state index contributed by atoms with van der Waals surface area (Å²) in [6.07, 6.45) is 0. The summed E-state index contributed by atoms with van der Waals surface area (Å²) < 4.78 is 0. The number of rotatable bonds is 6. The molecule has 0 saturated heterocycles. The second-order valence-corrected chi connectivity index (χ2v) is 8.91. The zero-order chi connectivity index (χ0) is 24.9. The van der Waals surface area contributed by atoms with Gasteiger partial charge in [-0.1, -0.05) is 162 Å². The van der Waals surface area contributed by atoms with E-state index in [4.69, 9.17) is 15.0 Å².